The van der Waals surface area contributed by atoms with Crippen LogP contribution in [-0.2, 0) is 4.79 Å². The molecule has 3 atom stereocenters. The minimum Gasteiger partial charge on any atom is -0.392 e. The smallest absolute Gasteiger partial charge is 0.237 e. The van der Waals surface area contributed by atoms with Crippen molar-refractivity contribution in [1.82, 2.24) is 10.6 Å². The van der Waals surface area contributed by atoms with Crippen LogP contribution in [0.15, 0.2) is 0 Å². The van der Waals surface area contributed by atoms with Crippen molar-refractivity contribution in [2.45, 2.75) is 51.9 Å². The third kappa shape index (κ3) is 5.48. The van der Waals surface area contributed by atoms with Gasteiger partial charge >= 0.3 is 0 Å². The van der Waals surface area contributed by atoms with Crippen LogP contribution >= 0.6 is 0 Å². The van der Waals surface area contributed by atoms with Gasteiger partial charge in [-0.2, -0.15) is 0 Å². The zero-order chi connectivity index (χ0) is 13.1. The highest BCUT2D eigenvalue weighted by molar-refractivity contribution is 5.82. The van der Waals surface area contributed by atoms with Gasteiger partial charge in [0.2, 0.25) is 5.91 Å². The zero-order valence-corrected chi connectivity index (χ0v) is 10.9. The van der Waals surface area contributed by atoms with Crippen LogP contribution in [0.5, 0.6) is 0 Å². The van der Waals surface area contributed by atoms with Crippen LogP contribution in [0.2, 0.25) is 0 Å². The molecule has 5 heteroatoms. The second kappa shape index (κ2) is 5.80. The van der Waals surface area contributed by atoms with Gasteiger partial charge in [-0.1, -0.05) is 20.8 Å². The summed E-state index contributed by atoms with van der Waals surface area (Å²) in [5, 5.41) is 24.7. The van der Waals surface area contributed by atoms with Crippen LogP contribution in [0.3, 0.4) is 0 Å². The molecule has 5 nitrogen and oxygen atoms in total. The number of amides is 1. The maximum absolute atomic E-state index is 11.7. The first kappa shape index (κ1) is 14.4. The fourth-order valence-electron chi connectivity index (χ4n) is 2.04. The Bertz CT molecular complexity index is 263. The number of carbonyl (C=O) groups excluding carboxylic acids is 1. The van der Waals surface area contributed by atoms with E-state index in [4.69, 9.17) is 0 Å². The zero-order valence-electron chi connectivity index (χ0n) is 10.9. The van der Waals surface area contributed by atoms with Gasteiger partial charge in [0.25, 0.3) is 0 Å². The summed E-state index contributed by atoms with van der Waals surface area (Å²) in [5.74, 6) is -0.144. The molecule has 0 aromatic rings. The Balaban J connectivity index is 2.24. The predicted molar refractivity (Wildman–Crippen MR) is 65.5 cm³/mol. The quantitative estimate of drug-likeness (QED) is 0.543. The first-order valence-electron chi connectivity index (χ1n) is 6.15. The molecule has 1 aliphatic heterocycles. The first-order chi connectivity index (χ1) is 7.78. The first-order valence-corrected chi connectivity index (χ1v) is 6.15. The Morgan fingerprint density at radius 1 is 1.53 bits per heavy atom. The van der Waals surface area contributed by atoms with E-state index in [1.807, 2.05) is 20.8 Å². The minimum atomic E-state index is -0.523. The molecule has 3 unspecified atom stereocenters. The lowest BCUT2D eigenvalue weighted by Gasteiger charge is -2.23. The van der Waals surface area contributed by atoms with Gasteiger partial charge in [-0.05, 0) is 18.3 Å². The summed E-state index contributed by atoms with van der Waals surface area (Å²) in [6, 6.07) is -0.327. The molecule has 1 amide bonds. The number of hydrogen-bond acceptors (Lipinski definition) is 4. The van der Waals surface area contributed by atoms with Crippen molar-refractivity contribution in [2.24, 2.45) is 5.41 Å². The summed E-state index contributed by atoms with van der Waals surface area (Å²) >= 11 is 0. The standard InChI is InChI=1S/C12H24N2O3/c1-12(2,3)5-9(16)7-14-11(17)10-4-8(15)6-13-10/h8-10,13,15-16H,4-7H2,1-3H3,(H,14,17). The SMILES string of the molecule is CC(C)(C)CC(O)CNC(=O)C1CC(O)CN1. The topological polar surface area (TPSA) is 81.6 Å². The van der Waals surface area contributed by atoms with Gasteiger partial charge in [-0.25, -0.2) is 0 Å². The molecule has 1 saturated heterocycles. The molecule has 0 radical (unpaired) electrons. The predicted octanol–water partition coefficient (Wildman–Crippen LogP) is -0.377. The van der Waals surface area contributed by atoms with E-state index in [1.54, 1.807) is 0 Å². The number of aliphatic hydroxyl groups excluding tert-OH is 2. The van der Waals surface area contributed by atoms with Crippen molar-refractivity contribution in [1.29, 1.82) is 0 Å². The van der Waals surface area contributed by atoms with Crippen molar-refractivity contribution in [3.8, 4) is 0 Å². The van der Waals surface area contributed by atoms with Crippen LogP contribution in [-0.4, -0.2) is 47.5 Å². The normalized spacial score (nSPS) is 26.9. The van der Waals surface area contributed by atoms with Gasteiger partial charge in [0, 0.05) is 13.1 Å². The van der Waals surface area contributed by atoms with E-state index in [9.17, 15) is 15.0 Å². The molecule has 0 bridgehead atoms. The number of carbonyl (C=O) groups is 1. The summed E-state index contributed by atoms with van der Waals surface area (Å²) in [6.45, 7) is 6.87. The Labute approximate surface area is 103 Å². The molecular weight excluding hydrogens is 220 g/mol. The maximum atomic E-state index is 11.7. The van der Waals surface area contributed by atoms with Gasteiger partial charge in [0.1, 0.15) is 0 Å². The highest BCUT2D eigenvalue weighted by atomic mass is 16.3. The summed E-state index contributed by atoms with van der Waals surface area (Å²) in [4.78, 5) is 11.7. The molecule has 0 aromatic heterocycles. The molecule has 0 aromatic carbocycles. The maximum Gasteiger partial charge on any atom is 0.237 e. The van der Waals surface area contributed by atoms with Crippen LogP contribution < -0.4 is 10.6 Å². The van der Waals surface area contributed by atoms with E-state index in [0.717, 1.165) is 0 Å². The van der Waals surface area contributed by atoms with Crippen molar-refractivity contribution < 1.29 is 15.0 Å². The molecule has 1 heterocycles. The highest BCUT2D eigenvalue weighted by Gasteiger charge is 2.28. The molecule has 1 rings (SSSR count). The molecule has 4 N–H and O–H groups in total. The molecule has 0 spiro atoms. The molecule has 1 aliphatic rings. The third-order valence-corrected chi connectivity index (χ3v) is 2.78. The Morgan fingerprint density at radius 3 is 2.65 bits per heavy atom. The fourth-order valence-corrected chi connectivity index (χ4v) is 2.04. The minimum absolute atomic E-state index is 0.0476. The molecule has 0 saturated carbocycles. The molecule has 1 fully saturated rings. The van der Waals surface area contributed by atoms with Crippen LogP contribution in [0.4, 0.5) is 0 Å². The van der Waals surface area contributed by atoms with Crippen LogP contribution in [0.25, 0.3) is 0 Å². The summed E-state index contributed by atoms with van der Waals surface area (Å²) < 4.78 is 0. The number of aliphatic hydroxyl groups is 2. The van der Waals surface area contributed by atoms with Gasteiger partial charge in [0.15, 0.2) is 0 Å². The lowest BCUT2D eigenvalue weighted by Crippen LogP contribution is -2.43. The van der Waals surface area contributed by atoms with E-state index in [1.165, 1.54) is 0 Å². The number of nitrogens with one attached hydrogen (secondary N) is 2. The second-order valence-electron chi connectivity index (χ2n) is 6.01. The Morgan fingerprint density at radius 2 is 2.18 bits per heavy atom. The van der Waals surface area contributed by atoms with E-state index in [-0.39, 0.29) is 23.9 Å². The highest BCUT2D eigenvalue weighted by Crippen LogP contribution is 2.20. The van der Waals surface area contributed by atoms with Crippen molar-refractivity contribution in [3.63, 3.8) is 0 Å². The van der Waals surface area contributed by atoms with E-state index in [2.05, 4.69) is 10.6 Å². The molecular formula is C12H24N2O3. The number of β-amino-alcohol motifs (C(OH)–C–C–N with tert-alkyl or cyclic N) is 1. The second-order valence-corrected chi connectivity index (χ2v) is 6.01. The average Bonchev–Trinajstić information content (AvgIpc) is 2.58. The van der Waals surface area contributed by atoms with Gasteiger partial charge < -0.3 is 20.8 Å². The lowest BCUT2D eigenvalue weighted by molar-refractivity contribution is -0.123. The Kier molecular flexibility index (Phi) is 4.91. The van der Waals surface area contributed by atoms with Gasteiger partial charge in [-0.3, -0.25) is 4.79 Å². The van der Waals surface area contributed by atoms with Crippen molar-refractivity contribution >= 4 is 5.91 Å². The Hall–Kier alpha value is -0.650. The largest absolute Gasteiger partial charge is 0.392 e. The summed E-state index contributed by atoms with van der Waals surface area (Å²) in [7, 11) is 0. The number of rotatable bonds is 4. The third-order valence-electron chi connectivity index (χ3n) is 2.78. The van der Waals surface area contributed by atoms with Crippen LogP contribution in [0.1, 0.15) is 33.6 Å². The van der Waals surface area contributed by atoms with Gasteiger partial charge in [0.05, 0.1) is 18.2 Å². The van der Waals surface area contributed by atoms with Crippen LogP contribution in [0, 0.1) is 5.41 Å². The molecule has 100 valence electrons. The summed E-state index contributed by atoms with van der Waals surface area (Å²) in [6.07, 6.45) is 0.130. The van der Waals surface area contributed by atoms with E-state index < -0.39 is 12.2 Å². The molecule has 0 aliphatic carbocycles. The van der Waals surface area contributed by atoms with Crippen molar-refractivity contribution in [2.75, 3.05) is 13.1 Å². The molecule has 17 heavy (non-hydrogen) atoms. The number of hydrogen-bond donors (Lipinski definition) is 4. The lowest BCUT2D eigenvalue weighted by atomic mass is 9.89. The fraction of sp³-hybridized carbons (Fsp3) is 0.917. The van der Waals surface area contributed by atoms with Crippen molar-refractivity contribution in [3.05, 3.63) is 0 Å². The van der Waals surface area contributed by atoms with E-state index in [0.29, 0.717) is 19.4 Å². The van der Waals surface area contributed by atoms with Gasteiger partial charge in [-0.15, -0.1) is 0 Å². The summed E-state index contributed by atoms with van der Waals surface area (Å²) in [5.41, 5.74) is 0.0476. The monoisotopic (exact) mass is 244 g/mol. The average molecular weight is 244 g/mol. The van der Waals surface area contributed by atoms with E-state index >= 15 is 0 Å².